The lowest BCUT2D eigenvalue weighted by Crippen LogP contribution is -2.28. The van der Waals surface area contributed by atoms with Crippen molar-refractivity contribution in [3.05, 3.63) is 70.9 Å². The number of benzene rings is 2. The maximum absolute atomic E-state index is 2.29. The zero-order valence-corrected chi connectivity index (χ0v) is 14.4. The molecule has 1 aromatic heterocycles. The fourth-order valence-electron chi connectivity index (χ4n) is 3.05. The van der Waals surface area contributed by atoms with Gasteiger partial charge in [-0.3, -0.25) is 0 Å². The summed E-state index contributed by atoms with van der Waals surface area (Å²) in [6.07, 6.45) is 4.43. The quantitative estimate of drug-likeness (QED) is 0.609. The van der Waals surface area contributed by atoms with Crippen molar-refractivity contribution in [2.75, 3.05) is 11.9 Å². The first-order valence-electron chi connectivity index (χ1n) is 7.75. The minimum atomic E-state index is 1.26. The van der Waals surface area contributed by atoms with Gasteiger partial charge in [-0.05, 0) is 42.3 Å². The first kappa shape index (κ1) is 14.3. The summed E-state index contributed by atoms with van der Waals surface area (Å²) in [6, 6.07) is 17.4. The van der Waals surface area contributed by atoms with E-state index in [0.717, 1.165) is 0 Å². The highest BCUT2D eigenvalue weighted by atomic mass is 32.2. The predicted octanol–water partition coefficient (Wildman–Crippen LogP) is 4.51. The second-order valence-corrected chi connectivity index (χ2v) is 7.08. The molecule has 0 radical (unpaired) electrons. The van der Waals surface area contributed by atoms with Gasteiger partial charge in [-0.1, -0.05) is 30.0 Å². The summed E-state index contributed by atoms with van der Waals surface area (Å²) in [6.45, 7) is 2.14. The number of aromatic nitrogens is 1. The van der Waals surface area contributed by atoms with Crippen LogP contribution in [0.3, 0.4) is 0 Å². The van der Waals surface area contributed by atoms with Crippen LogP contribution in [-0.4, -0.2) is 7.05 Å². The Morgan fingerprint density at radius 2 is 1.91 bits per heavy atom. The normalized spacial score (nSPS) is 15.4. The van der Waals surface area contributed by atoms with Crippen molar-refractivity contribution in [1.82, 2.24) is 0 Å². The molecule has 0 unspecified atom stereocenters. The van der Waals surface area contributed by atoms with Gasteiger partial charge in [0.15, 0.2) is 6.20 Å². The van der Waals surface area contributed by atoms with Gasteiger partial charge in [0.05, 0.1) is 16.1 Å². The van der Waals surface area contributed by atoms with Crippen molar-refractivity contribution in [3.8, 4) is 0 Å². The van der Waals surface area contributed by atoms with E-state index in [-0.39, 0.29) is 0 Å². The number of hydrogen-bond donors (Lipinski definition) is 0. The van der Waals surface area contributed by atoms with Crippen LogP contribution >= 0.6 is 11.8 Å². The third-order valence-electron chi connectivity index (χ3n) is 4.37. The first-order chi connectivity index (χ1) is 11.1. The largest absolute Gasteiger partial charge is 0.338 e. The summed E-state index contributed by atoms with van der Waals surface area (Å²) in [7, 11) is 4.24. The van der Waals surface area contributed by atoms with Gasteiger partial charge in [0.1, 0.15) is 7.05 Å². The van der Waals surface area contributed by atoms with Crippen molar-refractivity contribution >= 4 is 34.4 Å². The Morgan fingerprint density at radius 3 is 2.74 bits per heavy atom. The van der Waals surface area contributed by atoms with Crippen LogP contribution in [0.5, 0.6) is 0 Å². The molecule has 0 spiro atoms. The third kappa shape index (κ3) is 2.41. The van der Waals surface area contributed by atoms with Crippen molar-refractivity contribution in [1.29, 1.82) is 0 Å². The maximum atomic E-state index is 2.29. The molecule has 2 nitrogen and oxygen atoms in total. The highest BCUT2D eigenvalue weighted by molar-refractivity contribution is 8.03. The average Bonchev–Trinajstić information content (AvgIpc) is 2.87. The molecule has 23 heavy (non-hydrogen) atoms. The molecule has 3 heteroatoms. The number of fused-ring (bicyclic) bond motifs is 2. The molecule has 0 atom stereocenters. The molecule has 0 saturated heterocycles. The van der Waals surface area contributed by atoms with Gasteiger partial charge in [-0.2, -0.15) is 0 Å². The maximum Gasteiger partial charge on any atom is 0.213 e. The number of rotatable bonds is 1. The van der Waals surface area contributed by atoms with Gasteiger partial charge in [0.2, 0.25) is 5.52 Å². The van der Waals surface area contributed by atoms with Crippen molar-refractivity contribution in [2.24, 2.45) is 7.05 Å². The Balaban J connectivity index is 1.84. The van der Waals surface area contributed by atoms with E-state index in [0.29, 0.717) is 0 Å². The summed E-state index contributed by atoms with van der Waals surface area (Å²) in [5, 5.41) is 2.56. The van der Waals surface area contributed by atoms with Crippen LogP contribution in [0, 0.1) is 6.92 Å². The van der Waals surface area contributed by atoms with Crippen molar-refractivity contribution in [2.45, 2.75) is 11.8 Å². The van der Waals surface area contributed by atoms with Gasteiger partial charge < -0.3 is 4.90 Å². The molecule has 2 heterocycles. The predicted molar refractivity (Wildman–Crippen MR) is 98.5 cm³/mol. The number of pyridine rings is 1. The van der Waals surface area contributed by atoms with E-state index >= 15 is 0 Å². The molecule has 0 aliphatic carbocycles. The van der Waals surface area contributed by atoms with Crippen LogP contribution < -0.4 is 9.47 Å². The fourth-order valence-corrected chi connectivity index (χ4v) is 4.15. The summed E-state index contributed by atoms with van der Waals surface area (Å²) >= 11 is 1.84. The lowest BCUT2D eigenvalue weighted by Gasteiger charge is -2.13. The molecule has 2 aromatic carbocycles. The minimum absolute atomic E-state index is 1.26. The SMILES string of the molecule is Cc1ccc2c(/C=C3\Sc4ccccc4N3C)cc[n+](C)c2c1. The second kappa shape index (κ2) is 5.43. The molecule has 114 valence electrons. The Labute approximate surface area is 141 Å². The zero-order chi connectivity index (χ0) is 16.0. The Hall–Kier alpha value is -2.26. The lowest BCUT2D eigenvalue weighted by molar-refractivity contribution is -0.644. The Bertz CT molecular complexity index is 944. The van der Waals surface area contributed by atoms with E-state index in [4.69, 9.17) is 0 Å². The van der Waals surface area contributed by atoms with Gasteiger partial charge >= 0.3 is 0 Å². The van der Waals surface area contributed by atoms with E-state index in [2.05, 4.69) is 91.3 Å². The number of para-hydroxylation sites is 1. The molecule has 0 fully saturated rings. The lowest BCUT2D eigenvalue weighted by atomic mass is 10.1. The molecule has 0 amide bonds. The van der Waals surface area contributed by atoms with Crippen LogP contribution in [0.1, 0.15) is 11.1 Å². The first-order valence-corrected chi connectivity index (χ1v) is 8.56. The molecule has 3 aromatic rings. The summed E-state index contributed by atoms with van der Waals surface area (Å²) in [4.78, 5) is 3.59. The third-order valence-corrected chi connectivity index (χ3v) is 5.54. The highest BCUT2D eigenvalue weighted by Gasteiger charge is 2.21. The molecule has 0 saturated carbocycles. The minimum Gasteiger partial charge on any atom is -0.338 e. The molecule has 0 N–H and O–H groups in total. The average molecular weight is 319 g/mol. The monoisotopic (exact) mass is 319 g/mol. The number of anilines is 1. The van der Waals surface area contributed by atoms with E-state index in [1.54, 1.807) is 0 Å². The standard InChI is InChI=1S/C20H19N2S/c1-14-8-9-16-15(10-11-21(2)18(16)12-14)13-20-22(3)17-6-4-5-7-19(17)23-20/h4-13H,1-3H3/q+1. The second-order valence-electron chi connectivity index (χ2n) is 6.01. The van der Waals surface area contributed by atoms with E-state index < -0.39 is 0 Å². The van der Waals surface area contributed by atoms with Crippen LogP contribution in [0.2, 0.25) is 0 Å². The number of aryl methyl sites for hydroxylation is 2. The Kier molecular flexibility index (Phi) is 3.38. The van der Waals surface area contributed by atoms with Crippen LogP contribution in [0.15, 0.2) is 64.7 Å². The van der Waals surface area contributed by atoms with Gasteiger partial charge in [-0.15, -0.1) is 0 Å². The van der Waals surface area contributed by atoms with E-state index in [1.165, 1.54) is 37.6 Å². The van der Waals surface area contributed by atoms with Crippen LogP contribution in [-0.2, 0) is 7.05 Å². The fraction of sp³-hybridized carbons (Fsp3) is 0.150. The summed E-state index contributed by atoms with van der Waals surface area (Å²) < 4.78 is 2.19. The molecule has 1 aliphatic heterocycles. The topological polar surface area (TPSA) is 7.12 Å². The van der Waals surface area contributed by atoms with Crippen molar-refractivity contribution in [3.63, 3.8) is 0 Å². The van der Waals surface area contributed by atoms with Crippen LogP contribution in [0.4, 0.5) is 5.69 Å². The number of thioether (sulfide) groups is 1. The number of nitrogens with zero attached hydrogens (tertiary/aromatic N) is 2. The molecule has 4 rings (SSSR count). The molecule has 1 aliphatic rings. The van der Waals surface area contributed by atoms with Crippen molar-refractivity contribution < 1.29 is 4.57 Å². The zero-order valence-electron chi connectivity index (χ0n) is 13.6. The molecule has 0 bridgehead atoms. The highest BCUT2D eigenvalue weighted by Crippen LogP contribution is 2.45. The number of hydrogen-bond acceptors (Lipinski definition) is 2. The summed E-state index contributed by atoms with van der Waals surface area (Å²) in [5.41, 5.74) is 5.10. The molecular formula is C20H19N2S+. The van der Waals surface area contributed by atoms with Gasteiger partial charge in [-0.25, -0.2) is 4.57 Å². The van der Waals surface area contributed by atoms with E-state index in [1.807, 2.05) is 11.8 Å². The van der Waals surface area contributed by atoms with E-state index in [9.17, 15) is 0 Å². The smallest absolute Gasteiger partial charge is 0.213 e. The van der Waals surface area contributed by atoms with Crippen LogP contribution in [0.25, 0.3) is 17.0 Å². The molecular weight excluding hydrogens is 300 g/mol. The summed E-state index contributed by atoms with van der Waals surface area (Å²) in [5.74, 6) is 0. The van der Waals surface area contributed by atoms with Gasteiger partial charge in [0.25, 0.3) is 0 Å². The Morgan fingerprint density at radius 1 is 1.09 bits per heavy atom. The van der Waals surface area contributed by atoms with Gasteiger partial charge in [0, 0.05) is 24.1 Å².